The van der Waals surface area contributed by atoms with Crippen LogP contribution in [0.1, 0.15) is 15.9 Å². The number of carbonyl (C=O) groups excluding carboxylic acids is 2. The van der Waals surface area contributed by atoms with Gasteiger partial charge in [-0.3, -0.25) is 9.59 Å². The molecular formula is C13H18N2O3. The van der Waals surface area contributed by atoms with Crippen LogP contribution in [0, 0.1) is 0 Å². The van der Waals surface area contributed by atoms with Crippen LogP contribution in [-0.4, -0.2) is 44.0 Å². The van der Waals surface area contributed by atoms with Gasteiger partial charge < -0.3 is 15.4 Å². The molecule has 0 spiro atoms. The molecule has 0 aromatic heterocycles. The Kier molecular flexibility index (Phi) is 5.32. The highest BCUT2D eigenvalue weighted by molar-refractivity contribution is 5.95. The van der Waals surface area contributed by atoms with E-state index in [-0.39, 0.29) is 12.5 Å². The Morgan fingerprint density at radius 1 is 1.28 bits per heavy atom. The molecular weight excluding hydrogens is 232 g/mol. The molecule has 0 atom stereocenters. The van der Waals surface area contributed by atoms with Crippen LogP contribution in [0.3, 0.4) is 0 Å². The molecule has 18 heavy (non-hydrogen) atoms. The van der Waals surface area contributed by atoms with Gasteiger partial charge in [0.25, 0.3) is 5.91 Å². The molecule has 0 aliphatic heterocycles. The molecule has 0 fully saturated rings. The normalized spacial score (nSPS) is 9.94. The number of rotatable bonds is 5. The van der Waals surface area contributed by atoms with Crippen LogP contribution in [0.5, 0.6) is 0 Å². The standard InChI is InChI=1S/C13H18N2O3/c1-15(9-12(16)18-2)13(17)11-5-3-10(4-6-11)7-8-14/h3-6H,7-9,14H2,1-2H3. The summed E-state index contributed by atoms with van der Waals surface area (Å²) in [5, 5.41) is 0. The van der Waals surface area contributed by atoms with Gasteiger partial charge in [-0.15, -0.1) is 0 Å². The highest BCUT2D eigenvalue weighted by Crippen LogP contribution is 2.07. The van der Waals surface area contributed by atoms with Gasteiger partial charge in [0, 0.05) is 12.6 Å². The molecule has 0 saturated carbocycles. The minimum absolute atomic E-state index is 0.0557. The third kappa shape index (κ3) is 3.85. The molecule has 0 aliphatic rings. The minimum Gasteiger partial charge on any atom is -0.468 e. The first kappa shape index (κ1) is 14.2. The van der Waals surface area contributed by atoms with Crippen LogP contribution in [0.4, 0.5) is 0 Å². The summed E-state index contributed by atoms with van der Waals surface area (Å²) >= 11 is 0. The average molecular weight is 250 g/mol. The highest BCUT2D eigenvalue weighted by Gasteiger charge is 2.14. The molecule has 1 amide bonds. The maximum atomic E-state index is 12.0. The lowest BCUT2D eigenvalue weighted by Crippen LogP contribution is -2.32. The summed E-state index contributed by atoms with van der Waals surface area (Å²) in [6, 6.07) is 7.21. The van der Waals surface area contributed by atoms with Crippen molar-refractivity contribution in [3.8, 4) is 0 Å². The van der Waals surface area contributed by atoms with E-state index in [0.29, 0.717) is 12.1 Å². The largest absolute Gasteiger partial charge is 0.468 e. The Morgan fingerprint density at radius 2 is 1.89 bits per heavy atom. The summed E-state index contributed by atoms with van der Waals surface area (Å²) < 4.78 is 4.51. The smallest absolute Gasteiger partial charge is 0.325 e. The van der Waals surface area contributed by atoms with E-state index in [9.17, 15) is 9.59 Å². The van der Waals surface area contributed by atoms with E-state index in [4.69, 9.17) is 5.73 Å². The first-order valence-corrected chi connectivity index (χ1v) is 5.69. The number of ether oxygens (including phenoxy) is 1. The fourth-order valence-corrected chi connectivity index (χ4v) is 1.53. The summed E-state index contributed by atoms with van der Waals surface area (Å²) in [6.07, 6.45) is 0.784. The molecule has 0 radical (unpaired) electrons. The molecule has 0 unspecified atom stereocenters. The van der Waals surface area contributed by atoms with Crippen molar-refractivity contribution in [2.75, 3.05) is 27.2 Å². The number of likely N-dealkylation sites (N-methyl/N-ethyl adjacent to an activating group) is 1. The van der Waals surface area contributed by atoms with E-state index >= 15 is 0 Å². The van der Waals surface area contributed by atoms with Gasteiger partial charge in [0.2, 0.25) is 0 Å². The molecule has 5 heteroatoms. The van der Waals surface area contributed by atoms with Crippen LogP contribution >= 0.6 is 0 Å². The van der Waals surface area contributed by atoms with Crippen LogP contribution in [0.2, 0.25) is 0 Å². The Hall–Kier alpha value is -1.88. The summed E-state index contributed by atoms with van der Waals surface area (Å²) in [4.78, 5) is 24.3. The van der Waals surface area contributed by atoms with E-state index in [2.05, 4.69) is 4.74 Å². The van der Waals surface area contributed by atoms with Crippen molar-refractivity contribution >= 4 is 11.9 Å². The van der Waals surface area contributed by atoms with Crippen LogP contribution in [0.25, 0.3) is 0 Å². The molecule has 2 N–H and O–H groups in total. The Balaban J connectivity index is 2.68. The molecule has 0 aliphatic carbocycles. The van der Waals surface area contributed by atoms with Gasteiger partial charge in [0.1, 0.15) is 6.54 Å². The first-order valence-electron chi connectivity index (χ1n) is 5.69. The monoisotopic (exact) mass is 250 g/mol. The lowest BCUT2D eigenvalue weighted by Gasteiger charge is -2.15. The zero-order valence-electron chi connectivity index (χ0n) is 10.7. The quantitative estimate of drug-likeness (QED) is 0.769. The van der Waals surface area contributed by atoms with Crippen molar-refractivity contribution in [3.05, 3.63) is 35.4 Å². The number of hydrogen-bond donors (Lipinski definition) is 1. The first-order chi connectivity index (χ1) is 8.58. The third-order valence-corrected chi connectivity index (χ3v) is 2.57. The van der Waals surface area contributed by atoms with Gasteiger partial charge in [-0.1, -0.05) is 12.1 Å². The van der Waals surface area contributed by atoms with Crippen LogP contribution in [-0.2, 0) is 16.0 Å². The van der Waals surface area contributed by atoms with Gasteiger partial charge in [0.05, 0.1) is 7.11 Å². The number of benzene rings is 1. The predicted octanol–water partition coefficient (Wildman–Crippen LogP) is 0.433. The van der Waals surface area contributed by atoms with Crippen LogP contribution < -0.4 is 5.73 Å². The van der Waals surface area contributed by atoms with Gasteiger partial charge in [-0.05, 0) is 30.7 Å². The summed E-state index contributed by atoms with van der Waals surface area (Å²) in [6.45, 7) is 0.523. The Morgan fingerprint density at radius 3 is 2.39 bits per heavy atom. The number of nitrogens with two attached hydrogens (primary N) is 1. The minimum atomic E-state index is -0.439. The van der Waals surface area contributed by atoms with Gasteiger partial charge in [-0.2, -0.15) is 0 Å². The second kappa shape index (κ2) is 6.76. The van der Waals surface area contributed by atoms with E-state index in [1.54, 1.807) is 19.2 Å². The second-order valence-electron chi connectivity index (χ2n) is 3.97. The SMILES string of the molecule is COC(=O)CN(C)C(=O)c1ccc(CCN)cc1. The van der Waals surface area contributed by atoms with Crippen LogP contribution in [0.15, 0.2) is 24.3 Å². The van der Waals surface area contributed by atoms with Crippen molar-refractivity contribution in [1.82, 2.24) is 4.90 Å². The van der Waals surface area contributed by atoms with Crippen molar-refractivity contribution < 1.29 is 14.3 Å². The molecule has 1 aromatic carbocycles. The van der Waals surface area contributed by atoms with Gasteiger partial charge in [-0.25, -0.2) is 0 Å². The molecule has 1 aromatic rings. The third-order valence-electron chi connectivity index (χ3n) is 2.57. The number of esters is 1. The number of hydrogen-bond acceptors (Lipinski definition) is 4. The van der Waals surface area contributed by atoms with E-state index < -0.39 is 5.97 Å². The fraction of sp³-hybridized carbons (Fsp3) is 0.385. The van der Waals surface area contributed by atoms with Crippen molar-refractivity contribution in [2.24, 2.45) is 5.73 Å². The van der Waals surface area contributed by atoms with E-state index in [0.717, 1.165) is 12.0 Å². The van der Waals surface area contributed by atoms with Gasteiger partial charge >= 0.3 is 5.97 Å². The predicted molar refractivity (Wildman–Crippen MR) is 68.2 cm³/mol. The number of nitrogens with zero attached hydrogens (tertiary/aromatic N) is 1. The summed E-state index contributed by atoms with van der Waals surface area (Å²) in [7, 11) is 2.86. The Labute approximate surface area is 107 Å². The number of carbonyl (C=O) groups is 2. The summed E-state index contributed by atoms with van der Waals surface area (Å²) in [5.41, 5.74) is 7.08. The zero-order chi connectivity index (χ0) is 13.5. The van der Waals surface area contributed by atoms with Gasteiger partial charge in [0.15, 0.2) is 0 Å². The molecule has 0 heterocycles. The Bertz CT molecular complexity index is 415. The van der Waals surface area contributed by atoms with E-state index in [1.807, 2.05) is 12.1 Å². The number of methoxy groups -OCH3 is 1. The number of amides is 1. The average Bonchev–Trinajstić information content (AvgIpc) is 2.39. The van der Waals surface area contributed by atoms with Crippen molar-refractivity contribution in [1.29, 1.82) is 0 Å². The zero-order valence-corrected chi connectivity index (χ0v) is 10.7. The molecule has 0 bridgehead atoms. The lowest BCUT2D eigenvalue weighted by atomic mass is 10.1. The fourth-order valence-electron chi connectivity index (χ4n) is 1.53. The molecule has 0 saturated heterocycles. The maximum Gasteiger partial charge on any atom is 0.325 e. The maximum absolute atomic E-state index is 12.0. The van der Waals surface area contributed by atoms with Crippen molar-refractivity contribution in [2.45, 2.75) is 6.42 Å². The second-order valence-corrected chi connectivity index (χ2v) is 3.97. The summed E-state index contributed by atoms with van der Waals surface area (Å²) in [5.74, 6) is -0.648. The van der Waals surface area contributed by atoms with Crippen molar-refractivity contribution in [3.63, 3.8) is 0 Å². The molecule has 98 valence electrons. The molecule has 1 rings (SSSR count). The molecule has 5 nitrogen and oxygen atoms in total. The topological polar surface area (TPSA) is 72.6 Å². The lowest BCUT2D eigenvalue weighted by molar-refractivity contribution is -0.141. The van der Waals surface area contributed by atoms with E-state index in [1.165, 1.54) is 12.0 Å². The highest BCUT2D eigenvalue weighted by atomic mass is 16.5.